The Morgan fingerprint density at radius 3 is 2.28 bits per heavy atom. The monoisotopic (exact) mass is 333 g/mol. The molecule has 1 heterocycles. The molecule has 1 atom stereocenters. The van der Waals surface area contributed by atoms with E-state index in [1.165, 1.54) is 11.8 Å². The number of hydrogen-bond acceptors (Lipinski definition) is 3. The smallest absolute Gasteiger partial charge is 0.410 e. The molecule has 0 aromatic heterocycles. The van der Waals surface area contributed by atoms with Crippen molar-refractivity contribution in [3.05, 3.63) is 90.3 Å². The third kappa shape index (κ3) is 4.23. The highest BCUT2D eigenvalue weighted by molar-refractivity contribution is 5.95. The van der Waals surface area contributed by atoms with Gasteiger partial charge in [-0.05, 0) is 31.0 Å². The van der Waals surface area contributed by atoms with Crippen LogP contribution < -0.4 is 4.74 Å². The second kappa shape index (κ2) is 7.62. The molecule has 0 spiro atoms. The van der Waals surface area contributed by atoms with E-state index in [4.69, 9.17) is 4.74 Å². The van der Waals surface area contributed by atoms with Crippen molar-refractivity contribution in [1.29, 1.82) is 0 Å². The Bertz CT molecular complexity index is 810. The van der Waals surface area contributed by atoms with E-state index in [1.807, 2.05) is 42.5 Å². The lowest BCUT2D eigenvalue weighted by atomic mass is 9.89. The summed E-state index contributed by atoms with van der Waals surface area (Å²) in [5.41, 5.74) is 1.74. The molecule has 0 radical (unpaired) electrons. The van der Waals surface area contributed by atoms with Crippen LogP contribution in [0.4, 0.5) is 4.79 Å². The zero-order valence-corrected chi connectivity index (χ0v) is 14.0. The Morgan fingerprint density at radius 2 is 1.64 bits per heavy atom. The zero-order chi connectivity index (χ0) is 17.6. The number of nitrogens with zero attached hydrogens (tertiary/aromatic N) is 1. The molecular weight excluding hydrogens is 314 g/mol. The van der Waals surface area contributed by atoms with Gasteiger partial charge in [-0.15, -0.1) is 0 Å². The van der Waals surface area contributed by atoms with Gasteiger partial charge in [0.1, 0.15) is 5.75 Å². The predicted octanol–water partition coefficient (Wildman–Crippen LogP) is 4.35. The molecule has 2 aromatic rings. The van der Waals surface area contributed by atoms with Gasteiger partial charge < -0.3 is 4.74 Å². The van der Waals surface area contributed by atoms with Crippen LogP contribution in [0.3, 0.4) is 0 Å². The number of carbonyl (C=O) groups is 2. The topological polar surface area (TPSA) is 46.6 Å². The van der Waals surface area contributed by atoms with Crippen molar-refractivity contribution in [3.63, 3.8) is 0 Å². The lowest BCUT2D eigenvalue weighted by molar-refractivity contribution is -0.114. The van der Waals surface area contributed by atoms with Crippen LogP contribution in [0.1, 0.15) is 12.5 Å². The summed E-state index contributed by atoms with van der Waals surface area (Å²) in [6, 6.07) is 18.8. The molecule has 0 fully saturated rings. The summed E-state index contributed by atoms with van der Waals surface area (Å²) in [7, 11) is 0. The average molecular weight is 333 g/mol. The van der Waals surface area contributed by atoms with Crippen molar-refractivity contribution in [1.82, 2.24) is 4.90 Å². The molecule has 3 rings (SSSR count). The maximum absolute atomic E-state index is 12.3. The van der Waals surface area contributed by atoms with Crippen LogP contribution in [-0.2, 0) is 11.2 Å². The highest BCUT2D eigenvalue weighted by Gasteiger charge is 2.24. The molecule has 0 saturated carbocycles. The Balaban J connectivity index is 1.75. The van der Waals surface area contributed by atoms with Gasteiger partial charge in [0, 0.05) is 23.9 Å². The second-order valence-electron chi connectivity index (χ2n) is 5.87. The molecule has 1 unspecified atom stereocenters. The fourth-order valence-corrected chi connectivity index (χ4v) is 2.74. The number of para-hydroxylation sites is 1. The van der Waals surface area contributed by atoms with E-state index in [1.54, 1.807) is 36.7 Å². The number of amides is 1. The lowest BCUT2D eigenvalue weighted by Gasteiger charge is -2.24. The van der Waals surface area contributed by atoms with Crippen molar-refractivity contribution in [2.45, 2.75) is 13.3 Å². The normalized spacial score (nSPS) is 16.3. The summed E-state index contributed by atoms with van der Waals surface area (Å²) >= 11 is 0. The van der Waals surface area contributed by atoms with Crippen LogP contribution in [-0.4, -0.2) is 16.8 Å². The first-order valence-corrected chi connectivity index (χ1v) is 8.13. The number of Topliss-reactive ketones (excluding diaryl/α,β-unsaturated/α-hetero) is 1. The Kier molecular flexibility index (Phi) is 5.09. The largest absolute Gasteiger partial charge is 0.423 e. The van der Waals surface area contributed by atoms with E-state index in [2.05, 4.69) is 0 Å². The van der Waals surface area contributed by atoms with Crippen molar-refractivity contribution in [2.75, 3.05) is 0 Å². The van der Waals surface area contributed by atoms with Crippen molar-refractivity contribution < 1.29 is 14.3 Å². The minimum atomic E-state index is -0.542. The molecule has 4 heteroatoms. The van der Waals surface area contributed by atoms with Crippen LogP contribution in [0.15, 0.2) is 84.7 Å². The minimum Gasteiger partial charge on any atom is -0.410 e. The molecule has 126 valence electrons. The number of hydrogen-bond donors (Lipinski definition) is 0. The first kappa shape index (κ1) is 16.7. The van der Waals surface area contributed by atoms with E-state index in [0.29, 0.717) is 17.7 Å². The van der Waals surface area contributed by atoms with Crippen LogP contribution in [0.5, 0.6) is 5.75 Å². The molecule has 0 saturated heterocycles. The second-order valence-corrected chi connectivity index (χ2v) is 5.87. The summed E-state index contributed by atoms with van der Waals surface area (Å²) in [6.07, 6.45) is 5.27. The first-order chi connectivity index (χ1) is 12.1. The van der Waals surface area contributed by atoms with E-state index in [9.17, 15) is 9.59 Å². The molecular formula is C21H19NO3. The summed E-state index contributed by atoms with van der Waals surface area (Å²) in [5, 5.41) is 0. The van der Waals surface area contributed by atoms with E-state index < -0.39 is 6.09 Å². The molecule has 1 amide bonds. The first-order valence-electron chi connectivity index (χ1n) is 8.13. The van der Waals surface area contributed by atoms with Gasteiger partial charge in [0.05, 0.1) is 0 Å². The highest BCUT2D eigenvalue weighted by Crippen LogP contribution is 2.25. The van der Waals surface area contributed by atoms with Gasteiger partial charge in [-0.1, -0.05) is 54.6 Å². The number of rotatable bonds is 4. The highest BCUT2D eigenvalue weighted by atomic mass is 16.6. The van der Waals surface area contributed by atoms with E-state index >= 15 is 0 Å². The summed E-state index contributed by atoms with van der Waals surface area (Å²) in [5.74, 6) is 0.355. The van der Waals surface area contributed by atoms with Crippen LogP contribution >= 0.6 is 0 Å². The van der Waals surface area contributed by atoms with Gasteiger partial charge in [0.25, 0.3) is 0 Å². The van der Waals surface area contributed by atoms with E-state index in [-0.39, 0.29) is 11.7 Å². The molecule has 1 aliphatic heterocycles. The number of carbonyl (C=O) groups excluding carboxylic acids is 2. The summed E-state index contributed by atoms with van der Waals surface area (Å²) < 4.78 is 5.32. The fourth-order valence-electron chi connectivity index (χ4n) is 2.74. The van der Waals surface area contributed by atoms with E-state index in [0.717, 1.165) is 5.56 Å². The molecule has 1 aliphatic rings. The van der Waals surface area contributed by atoms with Gasteiger partial charge in [-0.25, -0.2) is 4.79 Å². The van der Waals surface area contributed by atoms with Crippen LogP contribution in [0, 0.1) is 5.92 Å². The number of benzene rings is 2. The van der Waals surface area contributed by atoms with Crippen LogP contribution in [0.2, 0.25) is 0 Å². The Hall–Kier alpha value is -3.14. The van der Waals surface area contributed by atoms with Gasteiger partial charge in [0.15, 0.2) is 5.78 Å². The maximum Gasteiger partial charge on any atom is 0.423 e. The number of ether oxygens (including phenoxy) is 1. The van der Waals surface area contributed by atoms with Gasteiger partial charge in [-0.3, -0.25) is 9.69 Å². The minimum absolute atomic E-state index is 0.0530. The predicted molar refractivity (Wildman–Crippen MR) is 95.8 cm³/mol. The quantitative estimate of drug-likeness (QED) is 0.836. The fraction of sp³-hybridized carbons (Fsp3) is 0.143. The number of allylic oxidation sites excluding steroid dienone is 2. The molecule has 0 bridgehead atoms. The molecule has 0 aliphatic carbocycles. The number of ketones is 1. The third-order valence-corrected chi connectivity index (χ3v) is 4.02. The van der Waals surface area contributed by atoms with Crippen molar-refractivity contribution in [2.24, 2.45) is 5.92 Å². The standard InChI is InChI=1S/C21H19NO3/c1-16(23)20-15-22(21(24)25-19-10-6-3-7-11-19)13-12-18(20)14-17-8-4-2-5-9-17/h2-13,15,18H,14H2,1H3. The van der Waals surface area contributed by atoms with Gasteiger partial charge in [0.2, 0.25) is 0 Å². The molecule has 25 heavy (non-hydrogen) atoms. The van der Waals surface area contributed by atoms with Gasteiger partial charge >= 0.3 is 6.09 Å². The van der Waals surface area contributed by atoms with Crippen LogP contribution in [0.25, 0.3) is 0 Å². The van der Waals surface area contributed by atoms with Crippen molar-refractivity contribution in [3.8, 4) is 5.75 Å². The molecule has 0 N–H and O–H groups in total. The Labute approximate surface area is 147 Å². The molecule has 2 aromatic carbocycles. The zero-order valence-electron chi connectivity index (χ0n) is 14.0. The van der Waals surface area contributed by atoms with Gasteiger partial charge in [-0.2, -0.15) is 0 Å². The summed E-state index contributed by atoms with van der Waals surface area (Å²) in [4.78, 5) is 25.7. The average Bonchev–Trinajstić information content (AvgIpc) is 2.63. The van der Waals surface area contributed by atoms with Crippen molar-refractivity contribution >= 4 is 11.9 Å². The summed E-state index contributed by atoms with van der Waals surface area (Å²) in [6.45, 7) is 1.52. The third-order valence-electron chi connectivity index (χ3n) is 4.02. The maximum atomic E-state index is 12.3. The SMILES string of the molecule is CC(=O)C1=CN(C(=O)Oc2ccccc2)C=CC1Cc1ccccc1. The lowest BCUT2D eigenvalue weighted by Crippen LogP contribution is -2.29. The molecule has 4 nitrogen and oxygen atoms in total. The Morgan fingerprint density at radius 1 is 1.00 bits per heavy atom.